The van der Waals surface area contributed by atoms with Gasteiger partial charge in [0, 0.05) is 35.3 Å². The highest BCUT2D eigenvalue weighted by Crippen LogP contribution is 2.26. The summed E-state index contributed by atoms with van der Waals surface area (Å²) in [6.45, 7) is 7.30. The summed E-state index contributed by atoms with van der Waals surface area (Å²) in [4.78, 5) is 28.5. The Morgan fingerprint density at radius 1 is 1.11 bits per heavy atom. The monoisotopic (exact) mass is 443 g/mol. The van der Waals surface area contributed by atoms with Gasteiger partial charge in [0.1, 0.15) is 0 Å². The molecule has 0 aliphatic heterocycles. The van der Waals surface area contributed by atoms with E-state index in [2.05, 4.69) is 36.6 Å². The Morgan fingerprint density at radius 2 is 1.86 bits per heavy atom. The van der Waals surface area contributed by atoms with E-state index in [1.54, 1.807) is 18.2 Å². The Kier molecular flexibility index (Phi) is 5.79. The highest BCUT2D eigenvalue weighted by molar-refractivity contribution is 9.10. The second-order valence-electron chi connectivity index (χ2n) is 6.74. The van der Waals surface area contributed by atoms with Crippen LogP contribution in [0.15, 0.2) is 28.7 Å². The first-order valence-electron chi connectivity index (χ1n) is 8.94. The molecule has 2 aromatic heterocycles. The summed E-state index contributed by atoms with van der Waals surface area (Å²) in [6, 6.07) is 7.25. The second kappa shape index (κ2) is 8.10. The van der Waals surface area contributed by atoms with Crippen LogP contribution in [0, 0.1) is 20.8 Å². The van der Waals surface area contributed by atoms with E-state index in [0.717, 1.165) is 32.8 Å². The third kappa shape index (κ3) is 4.39. The van der Waals surface area contributed by atoms with Crippen LogP contribution < -0.4 is 10.6 Å². The third-order valence-corrected chi connectivity index (χ3v) is 4.95. The topological polar surface area (TPSA) is 88.4 Å². The average Bonchev–Trinajstić information content (AvgIpc) is 2.97. The number of hydrogen-bond acceptors (Lipinski definition) is 4. The number of rotatable bonds is 5. The van der Waals surface area contributed by atoms with Crippen LogP contribution in [0.5, 0.6) is 0 Å². The van der Waals surface area contributed by atoms with E-state index in [1.165, 1.54) is 6.92 Å². The number of aromatic nitrogens is 3. The minimum absolute atomic E-state index is 0.139. The molecule has 2 N–H and O–H groups in total. The molecule has 2 heterocycles. The molecule has 0 aliphatic carbocycles. The van der Waals surface area contributed by atoms with Crippen molar-refractivity contribution in [3.63, 3.8) is 0 Å². The number of nitrogens with one attached hydrogen (secondary N) is 2. The van der Waals surface area contributed by atoms with Gasteiger partial charge in [-0.25, -0.2) is 9.50 Å². The molecular weight excluding hydrogens is 422 g/mol. The van der Waals surface area contributed by atoms with Gasteiger partial charge in [0.15, 0.2) is 5.65 Å². The molecule has 8 heteroatoms. The maximum Gasteiger partial charge on any atom is 0.224 e. The number of hydrogen-bond donors (Lipinski definition) is 2. The lowest BCUT2D eigenvalue weighted by molar-refractivity contribution is -0.116. The molecule has 0 bridgehead atoms. The maximum absolute atomic E-state index is 12.5. The molecule has 0 saturated heterocycles. The van der Waals surface area contributed by atoms with Crippen LogP contribution in [0.2, 0.25) is 0 Å². The van der Waals surface area contributed by atoms with Crippen molar-refractivity contribution in [2.45, 2.75) is 40.5 Å². The van der Waals surface area contributed by atoms with Gasteiger partial charge in [0.05, 0.1) is 17.1 Å². The first-order chi connectivity index (χ1) is 13.2. The molecule has 0 saturated carbocycles. The van der Waals surface area contributed by atoms with Gasteiger partial charge in [0.2, 0.25) is 11.8 Å². The smallest absolute Gasteiger partial charge is 0.224 e. The van der Waals surface area contributed by atoms with Gasteiger partial charge in [0.25, 0.3) is 0 Å². The van der Waals surface area contributed by atoms with E-state index in [1.807, 2.05) is 31.4 Å². The average molecular weight is 444 g/mol. The summed E-state index contributed by atoms with van der Waals surface area (Å²) in [5.41, 5.74) is 5.75. The molecule has 0 unspecified atom stereocenters. The summed E-state index contributed by atoms with van der Waals surface area (Å²) in [7, 11) is 0. The number of carbonyl (C=O) groups excluding carboxylic acids is 2. The van der Waals surface area contributed by atoms with Crippen molar-refractivity contribution in [1.82, 2.24) is 14.6 Å². The summed E-state index contributed by atoms with van der Waals surface area (Å²) < 4.78 is 2.63. The van der Waals surface area contributed by atoms with Crippen LogP contribution >= 0.6 is 15.9 Å². The van der Waals surface area contributed by atoms with E-state index in [4.69, 9.17) is 0 Å². The van der Waals surface area contributed by atoms with Crippen molar-refractivity contribution in [3.8, 4) is 0 Å². The Balaban J connectivity index is 1.76. The van der Waals surface area contributed by atoms with Crippen LogP contribution in [0.25, 0.3) is 5.65 Å². The molecule has 0 atom stereocenters. The standard InChI is InChI=1S/C20H22BrN5O2/c1-11-9-19-22-12(2)16(13(3)26(19)25-11)6-8-20(28)24-18-10-15(21)5-7-17(18)23-14(4)27/h5,7,9-10H,6,8H2,1-4H3,(H,23,27)(H,24,28). The molecular formula is C20H22BrN5O2. The fourth-order valence-electron chi connectivity index (χ4n) is 3.17. The number of anilines is 2. The zero-order chi connectivity index (χ0) is 20.4. The maximum atomic E-state index is 12.5. The van der Waals surface area contributed by atoms with E-state index in [-0.39, 0.29) is 11.8 Å². The number of amides is 2. The second-order valence-corrected chi connectivity index (χ2v) is 7.65. The normalized spacial score (nSPS) is 10.9. The van der Waals surface area contributed by atoms with Crippen LogP contribution in [0.3, 0.4) is 0 Å². The van der Waals surface area contributed by atoms with Crippen LogP contribution in [-0.2, 0) is 16.0 Å². The largest absolute Gasteiger partial charge is 0.325 e. The van der Waals surface area contributed by atoms with Gasteiger partial charge in [-0.2, -0.15) is 5.10 Å². The van der Waals surface area contributed by atoms with Crippen molar-refractivity contribution in [1.29, 1.82) is 0 Å². The van der Waals surface area contributed by atoms with Crippen molar-refractivity contribution >= 4 is 44.8 Å². The number of fused-ring (bicyclic) bond motifs is 1. The lowest BCUT2D eigenvalue weighted by Crippen LogP contribution is -2.16. The summed E-state index contributed by atoms with van der Waals surface area (Å²) >= 11 is 3.39. The number of carbonyl (C=O) groups is 2. The molecule has 0 radical (unpaired) electrons. The summed E-state index contributed by atoms with van der Waals surface area (Å²) in [5, 5.41) is 10.1. The van der Waals surface area contributed by atoms with Crippen LogP contribution in [0.1, 0.15) is 36.0 Å². The lowest BCUT2D eigenvalue weighted by atomic mass is 10.1. The van der Waals surface area contributed by atoms with E-state index >= 15 is 0 Å². The van der Waals surface area contributed by atoms with Crippen molar-refractivity contribution in [3.05, 3.63) is 51.4 Å². The molecule has 0 fully saturated rings. The molecule has 0 spiro atoms. The summed E-state index contributed by atoms with van der Waals surface area (Å²) in [5.74, 6) is -0.335. The highest BCUT2D eigenvalue weighted by Gasteiger charge is 2.14. The van der Waals surface area contributed by atoms with Crippen molar-refractivity contribution < 1.29 is 9.59 Å². The van der Waals surface area contributed by atoms with Crippen LogP contribution in [0.4, 0.5) is 11.4 Å². The first-order valence-corrected chi connectivity index (χ1v) is 9.73. The third-order valence-electron chi connectivity index (χ3n) is 4.45. The van der Waals surface area contributed by atoms with E-state index in [9.17, 15) is 9.59 Å². The van der Waals surface area contributed by atoms with Gasteiger partial charge in [-0.05, 0) is 51.0 Å². The molecule has 3 aromatic rings. The summed E-state index contributed by atoms with van der Waals surface area (Å²) in [6.07, 6.45) is 0.843. The predicted molar refractivity (Wildman–Crippen MR) is 113 cm³/mol. The molecule has 3 rings (SSSR count). The van der Waals surface area contributed by atoms with Crippen molar-refractivity contribution in [2.75, 3.05) is 10.6 Å². The highest BCUT2D eigenvalue weighted by atomic mass is 79.9. The zero-order valence-corrected chi connectivity index (χ0v) is 17.8. The predicted octanol–water partition coefficient (Wildman–Crippen LogP) is 3.95. The van der Waals surface area contributed by atoms with Gasteiger partial charge in [-0.1, -0.05) is 15.9 Å². The lowest BCUT2D eigenvalue weighted by Gasteiger charge is -2.13. The van der Waals surface area contributed by atoms with Gasteiger partial charge < -0.3 is 10.6 Å². The minimum Gasteiger partial charge on any atom is -0.325 e. The number of halogens is 1. The number of aryl methyl sites for hydroxylation is 3. The molecule has 1 aromatic carbocycles. The zero-order valence-electron chi connectivity index (χ0n) is 16.3. The molecule has 0 aliphatic rings. The fourth-order valence-corrected chi connectivity index (χ4v) is 3.53. The Hall–Kier alpha value is -2.74. The molecule has 7 nitrogen and oxygen atoms in total. The fraction of sp³-hybridized carbons (Fsp3) is 0.300. The molecule has 146 valence electrons. The van der Waals surface area contributed by atoms with Crippen molar-refractivity contribution in [2.24, 2.45) is 0 Å². The SMILES string of the molecule is CC(=O)Nc1ccc(Br)cc1NC(=O)CCc1c(C)nc2cc(C)nn2c1C. The molecule has 2 amide bonds. The molecule has 28 heavy (non-hydrogen) atoms. The minimum atomic E-state index is -0.196. The van der Waals surface area contributed by atoms with Gasteiger partial charge >= 0.3 is 0 Å². The Morgan fingerprint density at radius 3 is 2.57 bits per heavy atom. The number of benzene rings is 1. The van der Waals surface area contributed by atoms with Gasteiger partial charge in [-0.3, -0.25) is 9.59 Å². The Labute approximate surface area is 171 Å². The van der Waals surface area contributed by atoms with Crippen LogP contribution in [-0.4, -0.2) is 26.4 Å². The van der Waals surface area contributed by atoms with Gasteiger partial charge in [-0.15, -0.1) is 0 Å². The number of nitrogens with zero attached hydrogens (tertiary/aromatic N) is 3. The van der Waals surface area contributed by atoms with E-state index < -0.39 is 0 Å². The quantitative estimate of drug-likeness (QED) is 0.624. The first kappa shape index (κ1) is 20.0. The van der Waals surface area contributed by atoms with E-state index in [0.29, 0.717) is 24.2 Å². The Bertz CT molecular complexity index is 1070.